The first kappa shape index (κ1) is 18.6. The Kier molecular flexibility index (Phi) is 5.09. The molecule has 0 radical (unpaired) electrons. The van der Waals surface area contributed by atoms with Gasteiger partial charge in [-0.25, -0.2) is 4.68 Å². The van der Waals surface area contributed by atoms with Crippen LogP contribution in [0.4, 0.5) is 5.82 Å². The van der Waals surface area contributed by atoms with Gasteiger partial charge in [0, 0.05) is 27.9 Å². The van der Waals surface area contributed by atoms with Crippen LogP contribution in [0.2, 0.25) is 0 Å². The number of nitrogens with zero attached hydrogens (tertiary/aromatic N) is 2. The van der Waals surface area contributed by atoms with Crippen LogP contribution in [0.3, 0.4) is 0 Å². The van der Waals surface area contributed by atoms with Gasteiger partial charge in [-0.15, -0.1) is 0 Å². The molecule has 1 amide bonds. The first-order valence-corrected chi connectivity index (χ1v) is 9.85. The minimum absolute atomic E-state index is 0.0540. The Morgan fingerprint density at radius 1 is 1.21 bits per heavy atom. The molecule has 2 aromatic carbocycles. The Labute approximate surface area is 171 Å². The molecule has 0 fully saturated rings. The van der Waals surface area contributed by atoms with E-state index in [1.807, 2.05) is 55.6 Å². The van der Waals surface area contributed by atoms with Gasteiger partial charge in [0.05, 0.1) is 25.6 Å². The summed E-state index contributed by atoms with van der Waals surface area (Å²) in [5, 5.41) is 7.52. The summed E-state index contributed by atoms with van der Waals surface area (Å²) in [5.74, 6) is 1.81. The molecule has 3 aromatic rings. The zero-order valence-electron chi connectivity index (χ0n) is 15.6. The van der Waals surface area contributed by atoms with Gasteiger partial charge in [0.15, 0.2) is 11.5 Å². The third-order valence-electron chi connectivity index (χ3n) is 4.78. The minimum atomic E-state index is -0.162. The molecule has 1 unspecified atom stereocenters. The van der Waals surface area contributed by atoms with Crippen molar-refractivity contribution in [3.8, 4) is 17.2 Å². The van der Waals surface area contributed by atoms with Crippen molar-refractivity contribution >= 4 is 27.7 Å². The van der Waals surface area contributed by atoms with E-state index < -0.39 is 0 Å². The monoisotopic (exact) mass is 441 g/mol. The fraction of sp³-hybridized carbons (Fsp3) is 0.238. The second kappa shape index (κ2) is 7.67. The Hall–Kier alpha value is -2.80. The molecule has 7 heteroatoms. The van der Waals surface area contributed by atoms with E-state index in [9.17, 15) is 4.79 Å². The van der Waals surface area contributed by atoms with Crippen molar-refractivity contribution in [1.82, 2.24) is 9.78 Å². The first-order chi connectivity index (χ1) is 13.6. The van der Waals surface area contributed by atoms with Crippen LogP contribution in [0.25, 0.3) is 5.69 Å². The molecule has 6 nitrogen and oxygen atoms in total. The van der Waals surface area contributed by atoms with Gasteiger partial charge in [-0.3, -0.25) is 4.79 Å². The van der Waals surface area contributed by atoms with E-state index in [0.29, 0.717) is 30.3 Å². The highest BCUT2D eigenvalue weighted by atomic mass is 79.9. The second-order valence-corrected chi connectivity index (χ2v) is 7.37. The highest BCUT2D eigenvalue weighted by Crippen LogP contribution is 2.44. The molecule has 1 aliphatic rings. The zero-order chi connectivity index (χ0) is 19.7. The lowest BCUT2D eigenvalue weighted by atomic mass is 9.86. The van der Waals surface area contributed by atoms with Gasteiger partial charge in [-0.2, -0.15) is 5.10 Å². The molecule has 1 N–H and O–H groups in total. The van der Waals surface area contributed by atoms with Crippen LogP contribution in [0.1, 0.15) is 30.4 Å². The molecule has 4 rings (SSSR count). The smallest absolute Gasteiger partial charge is 0.226 e. The number of halogens is 1. The zero-order valence-corrected chi connectivity index (χ0v) is 17.2. The number of aromatic nitrogens is 2. The molecule has 0 saturated carbocycles. The second-order valence-electron chi connectivity index (χ2n) is 6.45. The minimum Gasteiger partial charge on any atom is -0.493 e. The number of fused-ring (bicyclic) bond motifs is 1. The van der Waals surface area contributed by atoms with E-state index in [1.54, 1.807) is 11.8 Å². The lowest BCUT2D eigenvalue weighted by molar-refractivity contribution is -0.116. The van der Waals surface area contributed by atoms with E-state index in [-0.39, 0.29) is 11.8 Å². The van der Waals surface area contributed by atoms with Crippen LogP contribution >= 0.6 is 15.9 Å². The predicted molar refractivity (Wildman–Crippen MR) is 111 cm³/mol. The van der Waals surface area contributed by atoms with Crippen LogP contribution in [-0.4, -0.2) is 29.4 Å². The lowest BCUT2D eigenvalue weighted by Crippen LogP contribution is -2.25. The number of anilines is 1. The standard InChI is InChI=1S/C21H20BrN3O3/c1-3-28-20-15(5-4-6-18(20)27-2)16-11-19(26)24-21-17(16)12-23-25(21)14-9-7-13(22)8-10-14/h4-10,12,16H,3,11H2,1-2H3,(H,24,26). The first-order valence-electron chi connectivity index (χ1n) is 9.05. The van der Waals surface area contributed by atoms with E-state index in [0.717, 1.165) is 21.3 Å². The largest absolute Gasteiger partial charge is 0.493 e. The fourth-order valence-corrected chi connectivity index (χ4v) is 3.81. The number of nitrogens with one attached hydrogen (secondary N) is 1. The summed E-state index contributed by atoms with van der Waals surface area (Å²) in [6.45, 7) is 2.44. The summed E-state index contributed by atoms with van der Waals surface area (Å²) in [4.78, 5) is 12.5. The maximum absolute atomic E-state index is 12.5. The van der Waals surface area contributed by atoms with E-state index in [1.165, 1.54) is 0 Å². The fourth-order valence-electron chi connectivity index (χ4n) is 3.54. The van der Waals surface area contributed by atoms with Crippen LogP contribution in [0.5, 0.6) is 11.5 Å². The number of methoxy groups -OCH3 is 1. The molecule has 144 valence electrons. The van der Waals surface area contributed by atoms with Crippen molar-refractivity contribution < 1.29 is 14.3 Å². The third kappa shape index (κ3) is 3.26. The highest BCUT2D eigenvalue weighted by Gasteiger charge is 2.33. The van der Waals surface area contributed by atoms with Crippen molar-refractivity contribution in [2.45, 2.75) is 19.3 Å². The number of benzene rings is 2. The Morgan fingerprint density at radius 3 is 2.71 bits per heavy atom. The number of rotatable bonds is 5. The molecular weight excluding hydrogens is 422 g/mol. The number of para-hydroxylation sites is 1. The van der Waals surface area contributed by atoms with Crippen molar-refractivity contribution in [3.05, 3.63) is 64.3 Å². The van der Waals surface area contributed by atoms with Gasteiger partial charge in [-0.05, 0) is 37.3 Å². The highest BCUT2D eigenvalue weighted by molar-refractivity contribution is 9.10. The number of hydrogen-bond donors (Lipinski definition) is 1. The molecule has 0 bridgehead atoms. The summed E-state index contributed by atoms with van der Waals surface area (Å²) in [6.07, 6.45) is 2.14. The summed E-state index contributed by atoms with van der Waals surface area (Å²) >= 11 is 3.44. The molecule has 2 heterocycles. The van der Waals surface area contributed by atoms with Gasteiger partial charge in [0.2, 0.25) is 5.91 Å². The van der Waals surface area contributed by atoms with E-state index in [4.69, 9.17) is 9.47 Å². The predicted octanol–water partition coefficient (Wildman–Crippen LogP) is 4.52. The SMILES string of the molecule is CCOc1c(OC)cccc1C1CC(=O)Nc2c1cnn2-c1ccc(Br)cc1. The molecule has 1 aromatic heterocycles. The maximum Gasteiger partial charge on any atom is 0.226 e. The molecule has 0 aliphatic carbocycles. The normalized spacial score (nSPS) is 15.7. The van der Waals surface area contributed by atoms with Gasteiger partial charge < -0.3 is 14.8 Å². The average molecular weight is 442 g/mol. The Bertz CT molecular complexity index is 1010. The van der Waals surface area contributed by atoms with E-state index >= 15 is 0 Å². The summed E-state index contributed by atoms with van der Waals surface area (Å²) in [5.41, 5.74) is 2.76. The average Bonchev–Trinajstić information content (AvgIpc) is 3.12. The van der Waals surface area contributed by atoms with Crippen molar-refractivity contribution in [1.29, 1.82) is 0 Å². The number of carbonyl (C=O) groups excluding carboxylic acids is 1. The molecule has 0 saturated heterocycles. The summed E-state index contributed by atoms with van der Waals surface area (Å²) < 4.78 is 14.1. The van der Waals surface area contributed by atoms with Crippen molar-refractivity contribution in [2.24, 2.45) is 0 Å². The van der Waals surface area contributed by atoms with Gasteiger partial charge >= 0.3 is 0 Å². The van der Waals surface area contributed by atoms with Gasteiger partial charge in [0.1, 0.15) is 5.82 Å². The molecule has 28 heavy (non-hydrogen) atoms. The molecular formula is C21H20BrN3O3. The Morgan fingerprint density at radius 2 is 2.00 bits per heavy atom. The number of carbonyl (C=O) groups is 1. The van der Waals surface area contributed by atoms with E-state index in [2.05, 4.69) is 26.3 Å². The number of ether oxygens (including phenoxy) is 2. The van der Waals surface area contributed by atoms with Crippen LogP contribution in [0, 0.1) is 0 Å². The van der Waals surface area contributed by atoms with Gasteiger partial charge in [-0.1, -0.05) is 28.1 Å². The topological polar surface area (TPSA) is 65.4 Å². The van der Waals surface area contributed by atoms with Crippen LogP contribution in [0.15, 0.2) is 53.1 Å². The summed E-state index contributed by atoms with van der Waals surface area (Å²) in [6, 6.07) is 13.6. The van der Waals surface area contributed by atoms with Gasteiger partial charge in [0.25, 0.3) is 0 Å². The molecule has 1 aliphatic heterocycles. The molecule has 0 spiro atoms. The maximum atomic E-state index is 12.5. The summed E-state index contributed by atoms with van der Waals surface area (Å²) in [7, 11) is 1.62. The number of hydrogen-bond acceptors (Lipinski definition) is 4. The Balaban J connectivity index is 1.83. The van der Waals surface area contributed by atoms with Crippen molar-refractivity contribution in [3.63, 3.8) is 0 Å². The molecule has 1 atom stereocenters. The lowest BCUT2D eigenvalue weighted by Gasteiger charge is -2.26. The quantitative estimate of drug-likeness (QED) is 0.631. The number of amides is 1. The van der Waals surface area contributed by atoms with Crippen LogP contribution < -0.4 is 14.8 Å². The van der Waals surface area contributed by atoms with Crippen molar-refractivity contribution in [2.75, 3.05) is 19.0 Å². The van der Waals surface area contributed by atoms with Crippen LogP contribution in [-0.2, 0) is 4.79 Å². The third-order valence-corrected chi connectivity index (χ3v) is 5.31.